The molecule has 12 heterocycles. The summed E-state index contributed by atoms with van der Waals surface area (Å²) in [5.74, 6) is -1.73. The van der Waals surface area contributed by atoms with E-state index in [1.165, 1.54) is 145 Å². The Labute approximate surface area is 973 Å². The summed E-state index contributed by atoms with van der Waals surface area (Å²) < 4.78 is 253. The van der Waals surface area contributed by atoms with E-state index in [1.54, 1.807) is 79.1 Å². The van der Waals surface area contributed by atoms with Crippen LogP contribution in [0.2, 0.25) is 0 Å². The standard InChI is InChI=1S/2C21H12NO.C21H18NO.C19H14NO.4C13H12N.4Ir/c1-2-7-15-14(6-1)11-12-19-20(15)17-9-5-8-16(21(17)23-19)18-10-3-4-13-22-18;1-2-7-15-13-20-18(12-14(15)6-1)16-8-5-9-17(21(16)23-20)19-10-3-4-11-22-19;1-13(2)15-9-10-22-19(12-15)18-6-4-5-17-16-8-7-14(3)11-20(16)23-21(17)18;1-12-6-7-14-15-4-3-5-16(19(15)21-18(14)11-12)17-10-13(2)8-9-20-17;4*1-10-3-6-12(7-4-10)13-8-5-11(2)9-14-13;;;;/h1-7,9-13H;1-8,10-13H;4-5,7-13H,1-3H3;3-4,6-11H,1-2H3;4*3-6,8-9H,1-2H3;;;;/q8*-1;;;;/i;;1D3,13D;2D3;4*1D3,2D3;;;;. The maximum atomic E-state index is 8.33. The summed E-state index contributed by atoms with van der Waals surface area (Å²) in [5, 5.41) is 13.3. The fraction of sp³-hybridized carbons (Fsp3) is 0.104. The Bertz CT molecular complexity index is 9720. The van der Waals surface area contributed by atoms with Crippen molar-refractivity contribution >= 4 is 109 Å². The molecule has 1 atom stereocenters. The van der Waals surface area contributed by atoms with Crippen LogP contribution in [0.3, 0.4) is 0 Å². The second-order valence-electron chi connectivity index (χ2n) is 33.8. The fourth-order valence-corrected chi connectivity index (χ4v) is 16.3. The van der Waals surface area contributed by atoms with Gasteiger partial charge in [-0.3, -0.25) is 0 Å². The van der Waals surface area contributed by atoms with Crippen molar-refractivity contribution in [1.82, 2.24) is 39.9 Å². The summed E-state index contributed by atoms with van der Waals surface area (Å²) >= 11 is 0. The molecule has 26 rings (SSSR count). The minimum atomic E-state index is -2.45. The molecule has 0 saturated heterocycles. The normalized spacial score (nSPS) is 15.0. The summed E-state index contributed by atoms with van der Waals surface area (Å²) in [6.45, 7) is -16.6. The topological polar surface area (TPSA) is 156 Å². The third-order valence-corrected chi connectivity index (χ3v) is 23.5. The molecule has 26 aromatic rings. The third kappa shape index (κ3) is 25.9. The van der Waals surface area contributed by atoms with Crippen LogP contribution in [0.15, 0.2) is 407 Å². The average molecular weight is 2690 g/mol. The largest absolute Gasteiger partial charge is 0.501 e. The van der Waals surface area contributed by atoms with Crippen LogP contribution in [-0.4, -0.2) is 39.9 Å². The maximum Gasteiger partial charge on any atom is 0.121 e. The Morgan fingerprint density at radius 2 is 0.593 bits per heavy atom. The molecule has 14 aromatic carbocycles. The van der Waals surface area contributed by atoms with Gasteiger partial charge in [-0.05, 0) is 209 Å². The number of furan rings is 4. The molecule has 4 radical (unpaired) electrons. The van der Waals surface area contributed by atoms with Gasteiger partial charge in [0.25, 0.3) is 0 Å². The molecule has 16 heteroatoms. The number of nitrogens with zero attached hydrogens (tertiary/aromatic N) is 8. The van der Waals surface area contributed by atoms with Gasteiger partial charge in [-0.15, -0.1) is 214 Å². The van der Waals surface area contributed by atoms with Gasteiger partial charge in [0.1, 0.15) is 22.3 Å². The Morgan fingerprint density at radius 1 is 0.240 bits per heavy atom. The number of rotatable bonds is 9. The molecule has 0 amide bonds. The van der Waals surface area contributed by atoms with Gasteiger partial charge >= 0.3 is 0 Å². The van der Waals surface area contributed by atoms with E-state index in [4.69, 9.17) is 60.2 Å². The first kappa shape index (κ1) is 74.5. The summed E-state index contributed by atoms with van der Waals surface area (Å²) in [4.78, 5) is 33.9. The number of pyridine rings is 8. The summed E-state index contributed by atoms with van der Waals surface area (Å²) in [7, 11) is 0. The molecule has 748 valence electrons. The van der Waals surface area contributed by atoms with E-state index >= 15 is 0 Å². The second kappa shape index (κ2) is 50.5. The molecule has 0 saturated carbocycles. The van der Waals surface area contributed by atoms with Crippen LogP contribution >= 0.6 is 0 Å². The first-order valence-corrected chi connectivity index (χ1v) is 46.1. The first-order valence-electron chi connectivity index (χ1n) is 61.6. The Kier molecular flexibility index (Phi) is 25.1. The van der Waals surface area contributed by atoms with Crippen molar-refractivity contribution in [2.45, 2.75) is 95.2 Å². The predicted molar refractivity (Wildman–Crippen MR) is 598 cm³/mol. The molecular formula is C134H104Ir4N8O4-8. The van der Waals surface area contributed by atoms with Gasteiger partial charge in [-0.2, -0.15) is 0 Å². The summed E-state index contributed by atoms with van der Waals surface area (Å²) in [6.07, 6.45) is 11.8. The molecule has 0 N–H and O–H groups in total. The number of hydrogen-bond donors (Lipinski definition) is 0. The quantitative estimate of drug-likeness (QED) is 0.126. The Balaban J connectivity index is 0.000000150. The van der Waals surface area contributed by atoms with Gasteiger partial charge in [-0.25, -0.2) is 0 Å². The minimum Gasteiger partial charge on any atom is -0.501 e. The monoisotopic (exact) mass is 2690 g/mol. The van der Waals surface area contributed by atoms with Gasteiger partial charge in [0.2, 0.25) is 0 Å². The van der Waals surface area contributed by atoms with Crippen LogP contribution in [0.1, 0.15) is 129 Å². The van der Waals surface area contributed by atoms with Crippen molar-refractivity contribution in [3.63, 3.8) is 0 Å². The smallest absolute Gasteiger partial charge is 0.121 e. The number of hydrogen-bond acceptors (Lipinski definition) is 12. The second-order valence-corrected chi connectivity index (χ2v) is 33.8. The first-order chi connectivity index (χ1) is 83.6. The van der Waals surface area contributed by atoms with Crippen LogP contribution in [0.25, 0.3) is 199 Å². The SMILES string of the molecule is [2H]C([2H])([2H])C([2H])(C)c1ccnc(-c2[c-]ccc3c2oc2cc(C)ccc23)c1.[2H]C([2H])([2H])c1c[c-]c(-c2ccc(C([2H])([2H])[2H])cn2)cc1.[2H]C([2H])([2H])c1c[c-]c(-c2ccc(C([2H])([2H])[2H])cn2)cc1.[2H]C([2H])([2H])c1c[c-]c(-c2ccc(C([2H])([2H])[2H])cn2)cc1.[2H]C([2H])([2H])c1c[c-]c(-c2ccc(C([2H])([2H])[2H])cn2)cc1.[2H]C([2H])([2H])c1ccnc(-c2[c-]ccc3c2oc2cc(C)ccc23)c1.[Ir].[Ir].[Ir].[Ir].[c-]1ccc2c(oc3cc4ccccc4cc32)c1-c1ccccn1.[c-]1ccc2c(oc3ccc4ccccc4c32)c1-c1ccccn1. The molecular weight excluding hydrogens is 2550 g/mol. The van der Waals surface area contributed by atoms with Crippen LogP contribution in [0.5, 0.6) is 0 Å². The molecule has 0 spiro atoms. The van der Waals surface area contributed by atoms with E-state index in [2.05, 4.69) is 161 Å². The molecule has 150 heavy (non-hydrogen) atoms. The summed E-state index contributed by atoms with van der Waals surface area (Å²) in [6, 6.07) is 126. The van der Waals surface area contributed by atoms with Crippen LogP contribution in [0.4, 0.5) is 0 Å². The fourth-order valence-electron chi connectivity index (χ4n) is 16.3. The average Bonchev–Trinajstić information content (AvgIpc) is 1.61. The van der Waals surface area contributed by atoms with Gasteiger partial charge in [-0.1, -0.05) is 260 Å². The van der Waals surface area contributed by atoms with E-state index in [9.17, 15) is 0 Å². The number of aromatic nitrogens is 8. The van der Waals surface area contributed by atoms with Crippen molar-refractivity contribution < 1.29 is 141 Å². The zero-order valence-electron chi connectivity index (χ0n) is 111. The molecule has 0 aliphatic rings. The van der Waals surface area contributed by atoms with E-state index < -0.39 is 74.4 Å². The third-order valence-electron chi connectivity index (χ3n) is 23.5. The van der Waals surface area contributed by atoms with Gasteiger partial charge in [0, 0.05) is 194 Å². The van der Waals surface area contributed by atoms with Gasteiger partial charge in [0.15, 0.2) is 0 Å². The predicted octanol–water partition coefficient (Wildman–Crippen LogP) is 34.8. The van der Waals surface area contributed by atoms with Gasteiger partial charge in [0.05, 0.1) is 22.3 Å². The van der Waals surface area contributed by atoms with E-state index in [0.29, 0.717) is 84.3 Å². The number of aryl methyl sites for hydroxylation is 11. The van der Waals surface area contributed by atoms with Gasteiger partial charge < -0.3 is 57.5 Å². The molecule has 0 bridgehead atoms. The zero-order chi connectivity index (χ0) is 127. The van der Waals surface area contributed by atoms with Crippen molar-refractivity contribution in [3.05, 3.63) is 505 Å². The van der Waals surface area contributed by atoms with Crippen LogP contribution < -0.4 is 0 Å². The van der Waals surface area contributed by atoms with Crippen LogP contribution in [-0.2, 0) is 80.4 Å². The van der Waals surface area contributed by atoms with E-state index in [-0.39, 0.29) is 130 Å². The van der Waals surface area contributed by atoms with Crippen molar-refractivity contribution in [2.75, 3.05) is 0 Å². The van der Waals surface area contributed by atoms with Crippen LogP contribution in [0, 0.1) is 124 Å². The Morgan fingerprint density at radius 3 is 0.993 bits per heavy atom. The maximum absolute atomic E-state index is 8.33. The van der Waals surface area contributed by atoms with E-state index in [0.717, 1.165) is 110 Å². The molecule has 12 nitrogen and oxygen atoms in total. The number of benzene rings is 14. The van der Waals surface area contributed by atoms with Crippen molar-refractivity contribution in [3.8, 4) is 90.1 Å². The zero-order valence-corrected chi connectivity index (χ0v) is 89.6. The molecule has 0 fully saturated rings. The molecule has 12 aromatic heterocycles. The van der Waals surface area contributed by atoms with E-state index in [1.807, 2.05) is 135 Å². The Hall–Kier alpha value is -15.4. The summed E-state index contributed by atoms with van der Waals surface area (Å²) in [5.41, 5.74) is 21.4. The molecule has 0 aliphatic carbocycles. The van der Waals surface area contributed by atoms with Crippen molar-refractivity contribution in [1.29, 1.82) is 0 Å². The van der Waals surface area contributed by atoms with Crippen molar-refractivity contribution in [2.24, 2.45) is 0 Å². The molecule has 1 unspecified atom stereocenters. The minimum absolute atomic E-state index is 0. The molecule has 0 aliphatic heterocycles. The number of fused-ring (bicyclic) bond motifs is 15.